The van der Waals surface area contributed by atoms with Crippen LogP contribution in [0.4, 0.5) is 5.82 Å². The summed E-state index contributed by atoms with van der Waals surface area (Å²) in [5.74, 6) is 1.45. The van der Waals surface area contributed by atoms with Crippen molar-refractivity contribution in [1.82, 2.24) is 9.97 Å². The predicted molar refractivity (Wildman–Crippen MR) is 124 cm³/mol. The second-order valence-corrected chi connectivity index (χ2v) is 9.43. The van der Waals surface area contributed by atoms with E-state index in [4.69, 9.17) is 33.2 Å². The van der Waals surface area contributed by atoms with E-state index >= 15 is 0 Å². The lowest BCUT2D eigenvalue weighted by atomic mass is 9.85. The SMILES string of the molecule is CCc1nc(-c2ccc(Cl)cc2Cl)c(CC)nc1N[C@@H]1c2ccsc2CC[C@@H]1C. The van der Waals surface area contributed by atoms with E-state index < -0.39 is 0 Å². The van der Waals surface area contributed by atoms with Crippen LogP contribution in [0.3, 0.4) is 0 Å². The third-order valence-corrected chi connectivity index (χ3v) is 7.24. The van der Waals surface area contributed by atoms with Gasteiger partial charge in [-0.05, 0) is 66.8 Å². The summed E-state index contributed by atoms with van der Waals surface area (Å²) in [6.45, 7) is 6.54. The van der Waals surface area contributed by atoms with E-state index in [1.54, 1.807) is 6.07 Å². The molecule has 1 N–H and O–H groups in total. The van der Waals surface area contributed by atoms with E-state index in [9.17, 15) is 0 Å². The van der Waals surface area contributed by atoms with Gasteiger partial charge in [-0.15, -0.1) is 11.3 Å². The molecule has 0 saturated carbocycles. The summed E-state index contributed by atoms with van der Waals surface area (Å²) >= 11 is 14.4. The van der Waals surface area contributed by atoms with Gasteiger partial charge in [-0.3, -0.25) is 0 Å². The molecule has 0 fully saturated rings. The highest BCUT2D eigenvalue weighted by Gasteiger charge is 2.29. The largest absolute Gasteiger partial charge is 0.361 e. The zero-order chi connectivity index (χ0) is 20.5. The number of aryl methyl sites for hydroxylation is 3. The molecule has 1 aliphatic carbocycles. The topological polar surface area (TPSA) is 37.8 Å². The molecule has 1 aromatic carbocycles. The summed E-state index contributed by atoms with van der Waals surface area (Å²) in [7, 11) is 0. The lowest BCUT2D eigenvalue weighted by molar-refractivity contribution is 0.437. The standard InChI is InChI=1S/C23H25Cl2N3S/c1-4-18-22(15-8-7-14(24)12-17(15)25)26-19(5-2)23(27-18)28-21-13(3)6-9-20-16(21)10-11-29-20/h7-8,10-13,21H,4-6,9H2,1-3H3,(H,27,28)/t13-,21-/m0/s1. The van der Waals surface area contributed by atoms with Crippen molar-refractivity contribution in [2.75, 3.05) is 5.32 Å². The van der Waals surface area contributed by atoms with Crippen LogP contribution in [0.1, 0.15) is 55.1 Å². The first-order chi connectivity index (χ1) is 14.0. The summed E-state index contributed by atoms with van der Waals surface area (Å²) in [4.78, 5) is 11.5. The number of rotatable bonds is 5. The first kappa shape index (κ1) is 20.6. The first-order valence-corrected chi connectivity index (χ1v) is 11.8. The van der Waals surface area contributed by atoms with Gasteiger partial charge in [0.05, 0.1) is 28.1 Å². The molecule has 3 nitrogen and oxygen atoms in total. The highest BCUT2D eigenvalue weighted by atomic mass is 35.5. The molecule has 0 bridgehead atoms. The van der Waals surface area contributed by atoms with Gasteiger partial charge >= 0.3 is 0 Å². The van der Waals surface area contributed by atoms with E-state index in [2.05, 4.69) is 37.5 Å². The number of nitrogens with one attached hydrogen (secondary N) is 1. The van der Waals surface area contributed by atoms with Gasteiger partial charge in [0.1, 0.15) is 5.82 Å². The maximum Gasteiger partial charge on any atom is 0.148 e. The molecule has 2 heterocycles. The highest BCUT2D eigenvalue weighted by molar-refractivity contribution is 7.10. The second kappa shape index (κ2) is 8.63. The minimum Gasteiger partial charge on any atom is -0.361 e. The number of hydrogen-bond donors (Lipinski definition) is 1. The number of fused-ring (bicyclic) bond motifs is 1. The summed E-state index contributed by atoms with van der Waals surface area (Å²) in [6, 6.07) is 8.08. The van der Waals surface area contributed by atoms with Crippen molar-refractivity contribution >= 4 is 40.4 Å². The molecule has 2 atom stereocenters. The van der Waals surface area contributed by atoms with Crippen LogP contribution in [-0.2, 0) is 19.3 Å². The number of thiophene rings is 1. The van der Waals surface area contributed by atoms with Crippen LogP contribution in [0.2, 0.25) is 10.0 Å². The van der Waals surface area contributed by atoms with Gasteiger partial charge in [0, 0.05) is 15.5 Å². The summed E-state index contributed by atoms with van der Waals surface area (Å²) in [5.41, 5.74) is 5.07. The van der Waals surface area contributed by atoms with Gasteiger partial charge in [0.15, 0.2) is 0 Å². The summed E-state index contributed by atoms with van der Waals surface area (Å²) in [6.07, 6.45) is 3.95. The Hall–Kier alpha value is -1.62. The van der Waals surface area contributed by atoms with Crippen molar-refractivity contribution in [2.24, 2.45) is 5.92 Å². The molecule has 152 valence electrons. The van der Waals surface area contributed by atoms with Crippen molar-refractivity contribution in [2.45, 2.75) is 52.5 Å². The summed E-state index contributed by atoms with van der Waals surface area (Å²) < 4.78 is 0. The van der Waals surface area contributed by atoms with Crippen LogP contribution >= 0.6 is 34.5 Å². The Morgan fingerprint density at radius 2 is 1.90 bits per heavy atom. The van der Waals surface area contributed by atoms with Gasteiger partial charge in [0.25, 0.3) is 0 Å². The average molecular weight is 446 g/mol. The minimum absolute atomic E-state index is 0.277. The first-order valence-electron chi connectivity index (χ1n) is 10.2. The Morgan fingerprint density at radius 3 is 2.62 bits per heavy atom. The number of nitrogens with zero attached hydrogens (tertiary/aromatic N) is 2. The molecule has 0 radical (unpaired) electrons. The number of halogens is 2. The molecule has 29 heavy (non-hydrogen) atoms. The van der Waals surface area contributed by atoms with Crippen molar-refractivity contribution in [1.29, 1.82) is 0 Å². The number of anilines is 1. The Bertz CT molecular complexity index is 1030. The predicted octanol–water partition coefficient (Wildman–Crippen LogP) is 7.37. The van der Waals surface area contributed by atoms with Crippen LogP contribution in [0.5, 0.6) is 0 Å². The smallest absolute Gasteiger partial charge is 0.148 e. The molecule has 0 amide bonds. The number of benzene rings is 1. The number of aromatic nitrogens is 2. The van der Waals surface area contributed by atoms with E-state index in [1.165, 1.54) is 23.3 Å². The molecule has 6 heteroatoms. The lowest BCUT2D eigenvalue weighted by Crippen LogP contribution is -2.25. The highest BCUT2D eigenvalue weighted by Crippen LogP contribution is 2.40. The van der Waals surface area contributed by atoms with Crippen LogP contribution < -0.4 is 5.32 Å². The van der Waals surface area contributed by atoms with E-state index in [-0.39, 0.29) is 6.04 Å². The Morgan fingerprint density at radius 1 is 1.10 bits per heavy atom. The van der Waals surface area contributed by atoms with Crippen LogP contribution in [-0.4, -0.2) is 9.97 Å². The molecule has 0 unspecified atom stereocenters. The minimum atomic E-state index is 0.277. The quantitative estimate of drug-likeness (QED) is 0.445. The maximum atomic E-state index is 6.48. The molecule has 0 spiro atoms. The molecular formula is C23H25Cl2N3S. The third kappa shape index (κ3) is 4.03. The fourth-order valence-corrected chi connectivity index (χ4v) is 5.48. The van der Waals surface area contributed by atoms with Crippen molar-refractivity contribution in [3.05, 3.63) is 61.5 Å². The number of hydrogen-bond acceptors (Lipinski definition) is 4. The average Bonchev–Trinajstić information content (AvgIpc) is 3.19. The van der Waals surface area contributed by atoms with E-state index in [0.29, 0.717) is 16.0 Å². The molecule has 3 aromatic rings. The van der Waals surface area contributed by atoms with Crippen LogP contribution in [0.25, 0.3) is 11.3 Å². The molecule has 2 aromatic heterocycles. The molecule has 4 rings (SSSR count). The lowest BCUT2D eigenvalue weighted by Gasteiger charge is -2.31. The van der Waals surface area contributed by atoms with Crippen LogP contribution in [0, 0.1) is 5.92 Å². The zero-order valence-electron chi connectivity index (χ0n) is 16.9. The van der Waals surface area contributed by atoms with Crippen molar-refractivity contribution < 1.29 is 0 Å². The fourth-order valence-electron chi connectivity index (χ4n) is 4.04. The Balaban J connectivity index is 1.76. The zero-order valence-corrected chi connectivity index (χ0v) is 19.3. The van der Waals surface area contributed by atoms with E-state index in [0.717, 1.165) is 41.3 Å². The third-order valence-electron chi connectivity index (χ3n) is 5.70. The van der Waals surface area contributed by atoms with Crippen molar-refractivity contribution in [3.63, 3.8) is 0 Å². The molecular weight excluding hydrogens is 421 g/mol. The monoisotopic (exact) mass is 445 g/mol. The van der Waals surface area contributed by atoms with Crippen LogP contribution in [0.15, 0.2) is 29.6 Å². The summed E-state index contributed by atoms with van der Waals surface area (Å²) in [5, 5.41) is 7.18. The molecule has 1 aliphatic rings. The van der Waals surface area contributed by atoms with Gasteiger partial charge < -0.3 is 5.32 Å². The van der Waals surface area contributed by atoms with Gasteiger partial charge in [-0.2, -0.15) is 0 Å². The van der Waals surface area contributed by atoms with E-state index in [1.807, 2.05) is 23.5 Å². The Kier molecular flexibility index (Phi) is 6.14. The normalized spacial score (nSPS) is 18.5. The van der Waals surface area contributed by atoms with Gasteiger partial charge in [0.2, 0.25) is 0 Å². The fraction of sp³-hybridized carbons (Fsp3) is 0.391. The van der Waals surface area contributed by atoms with Crippen molar-refractivity contribution in [3.8, 4) is 11.3 Å². The van der Waals surface area contributed by atoms with Gasteiger partial charge in [-0.1, -0.05) is 44.0 Å². The van der Waals surface area contributed by atoms with Gasteiger partial charge in [-0.25, -0.2) is 9.97 Å². The second-order valence-electron chi connectivity index (χ2n) is 7.58. The molecule has 0 saturated heterocycles. The molecule has 0 aliphatic heterocycles. The maximum absolute atomic E-state index is 6.48. The Labute approximate surface area is 186 Å².